The van der Waals surface area contributed by atoms with E-state index in [-0.39, 0.29) is 11.7 Å². The van der Waals surface area contributed by atoms with Crippen LogP contribution in [0.2, 0.25) is 0 Å². The van der Waals surface area contributed by atoms with Gasteiger partial charge >= 0.3 is 0 Å². The largest absolute Gasteiger partial charge is 0.325 e. The molecule has 0 atom stereocenters. The molecule has 0 radical (unpaired) electrons. The second-order valence-electron chi connectivity index (χ2n) is 6.06. The molecule has 2 aromatic carbocycles. The van der Waals surface area contributed by atoms with Crippen molar-refractivity contribution in [1.82, 2.24) is 15.2 Å². The number of rotatable bonds is 6. The van der Waals surface area contributed by atoms with Gasteiger partial charge in [-0.3, -0.25) is 9.89 Å². The fraction of sp³-hybridized carbons (Fsp3) is 0.278. The molecule has 1 heterocycles. The van der Waals surface area contributed by atoms with Crippen LogP contribution in [0, 0.1) is 5.92 Å². The van der Waals surface area contributed by atoms with Crippen molar-refractivity contribution in [3.63, 3.8) is 0 Å². The predicted molar refractivity (Wildman–Crippen MR) is 98.2 cm³/mol. The first-order chi connectivity index (χ1) is 11.6. The number of carbonyl (C=O) groups is 1. The zero-order valence-electron chi connectivity index (χ0n) is 13.7. The van der Waals surface area contributed by atoms with Gasteiger partial charge in [0.15, 0.2) is 0 Å². The van der Waals surface area contributed by atoms with Gasteiger partial charge in [-0.05, 0) is 28.8 Å². The topological polar surface area (TPSA) is 70.7 Å². The quantitative estimate of drug-likeness (QED) is 0.668. The number of amides is 1. The van der Waals surface area contributed by atoms with E-state index in [0.717, 1.165) is 28.7 Å². The Kier molecular flexibility index (Phi) is 5.15. The van der Waals surface area contributed by atoms with Gasteiger partial charge in [0, 0.05) is 12.1 Å². The number of nitrogens with zero attached hydrogens (tertiary/aromatic N) is 2. The van der Waals surface area contributed by atoms with E-state index in [1.165, 1.54) is 11.8 Å². The number of fused-ring (bicyclic) bond motifs is 1. The molecule has 3 rings (SSSR count). The summed E-state index contributed by atoms with van der Waals surface area (Å²) in [6.07, 6.45) is 0.858. The van der Waals surface area contributed by atoms with E-state index in [1.54, 1.807) is 0 Å². The molecule has 0 saturated heterocycles. The van der Waals surface area contributed by atoms with Gasteiger partial charge in [0.1, 0.15) is 5.82 Å². The van der Waals surface area contributed by atoms with Crippen LogP contribution in [0.25, 0.3) is 10.8 Å². The Morgan fingerprint density at radius 1 is 1.21 bits per heavy atom. The van der Waals surface area contributed by atoms with Crippen molar-refractivity contribution in [2.75, 3.05) is 11.1 Å². The second-order valence-corrected chi connectivity index (χ2v) is 7.00. The molecule has 24 heavy (non-hydrogen) atoms. The third-order valence-electron chi connectivity index (χ3n) is 3.48. The summed E-state index contributed by atoms with van der Waals surface area (Å²) >= 11 is 1.33. The fourth-order valence-corrected chi connectivity index (χ4v) is 3.03. The molecule has 0 saturated carbocycles. The van der Waals surface area contributed by atoms with Gasteiger partial charge in [-0.25, -0.2) is 4.98 Å². The normalized spacial score (nSPS) is 11.1. The van der Waals surface area contributed by atoms with Crippen molar-refractivity contribution in [3.8, 4) is 0 Å². The zero-order chi connectivity index (χ0) is 16.9. The smallest absolute Gasteiger partial charge is 0.234 e. The number of H-pyrrole nitrogens is 1. The molecule has 0 fully saturated rings. The van der Waals surface area contributed by atoms with Gasteiger partial charge in [0.25, 0.3) is 0 Å². The Bertz CT molecular complexity index is 844. The Morgan fingerprint density at radius 3 is 2.79 bits per heavy atom. The number of benzene rings is 2. The van der Waals surface area contributed by atoms with Crippen LogP contribution < -0.4 is 5.32 Å². The van der Waals surface area contributed by atoms with Crippen molar-refractivity contribution in [1.29, 1.82) is 0 Å². The first kappa shape index (κ1) is 16.5. The highest BCUT2D eigenvalue weighted by atomic mass is 32.2. The van der Waals surface area contributed by atoms with Crippen LogP contribution in [-0.4, -0.2) is 26.8 Å². The molecule has 5 nitrogen and oxygen atoms in total. The van der Waals surface area contributed by atoms with E-state index in [0.29, 0.717) is 11.1 Å². The summed E-state index contributed by atoms with van der Waals surface area (Å²) in [6, 6.07) is 14.0. The molecule has 0 aliphatic rings. The lowest BCUT2D eigenvalue weighted by Gasteiger charge is -2.05. The van der Waals surface area contributed by atoms with Crippen LogP contribution in [0.5, 0.6) is 0 Å². The predicted octanol–water partition coefficient (Wildman–Crippen LogP) is 3.89. The molecule has 0 unspecified atom stereocenters. The van der Waals surface area contributed by atoms with E-state index in [4.69, 9.17) is 0 Å². The minimum Gasteiger partial charge on any atom is -0.325 e. The summed E-state index contributed by atoms with van der Waals surface area (Å²) in [5.74, 6) is 1.60. The molecule has 0 spiro atoms. The van der Waals surface area contributed by atoms with Crippen molar-refractivity contribution >= 4 is 34.1 Å². The molecule has 1 aromatic heterocycles. The summed E-state index contributed by atoms with van der Waals surface area (Å²) in [5, 5.41) is 12.8. The second kappa shape index (κ2) is 7.49. The highest BCUT2D eigenvalue weighted by Gasteiger charge is 2.09. The van der Waals surface area contributed by atoms with Crippen LogP contribution in [0.15, 0.2) is 47.6 Å². The highest BCUT2D eigenvalue weighted by molar-refractivity contribution is 7.99. The maximum Gasteiger partial charge on any atom is 0.234 e. The number of aromatic nitrogens is 3. The molecular weight excluding hydrogens is 320 g/mol. The number of hydrogen-bond donors (Lipinski definition) is 2. The lowest BCUT2D eigenvalue weighted by Crippen LogP contribution is -2.14. The molecule has 0 aliphatic carbocycles. The van der Waals surface area contributed by atoms with Gasteiger partial charge in [-0.2, -0.15) is 0 Å². The van der Waals surface area contributed by atoms with Crippen molar-refractivity contribution in [3.05, 3.63) is 48.3 Å². The van der Waals surface area contributed by atoms with E-state index in [1.807, 2.05) is 36.4 Å². The zero-order valence-corrected chi connectivity index (χ0v) is 14.6. The summed E-state index contributed by atoms with van der Waals surface area (Å²) in [6.45, 7) is 4.26. The van der Waals surface area contributed by atoms with Gasteiger partial charge in [0.2, 0.25) is 11.1 Å². The lowest BCUT2D eigenvalue weighted by atomic mass is 10.1. The maximum atomic E-state index is 12.1. The van der Waals surface area contributed by atoms with E-state index in [2.05, 4.69) is 40.4 Å². The highest BCUT2D eigenvalue weighted by Crippen LogP contribution is 2.20. The van der Waals surface area contributed by atoms with Crippen LogP contribution in [0.1, 0.15) is 19.7 Å². The molecule has 6 heteroatoms. The molecule has 0 bridgehead atoms. The average Bonchev–Trinajstić information content (AvgIpc) is 2.99. The number of nitrogens with one attached hydrogen (secondary N) is 2. The van der Waals surface area contributed by atoms with E-state index in [9.17, 15) is 4.79 Å². The Balaban J connectivity index is 1.55. The minimum atomic E-state index is -0.0644. The lowest BCUT2D eigenvalue weighted by molar-refractivity contribution is -0.113. The Labute approximate surface area is 145 Å². The standard InChI is InChI=1S/C18H20N4OS/c1-12(2)9-16-20-18(22-21-16)24-11-17(23)19-15-8-7-13-5-3-4-6-14(13)10-15/h3-8,10,12H,9,11H2,1-2H3,(H,19,23)(H,20,21,22). The summed E-state index contributed by atoms with van der Waals surface area (Å²) in [5.41, 5.74) is 0.801. The SMILES string of the molecule is CC(C)Cc1nc(SCC(=O)Nc2ccc3ccccc3c2)n[nH]1. The summed E-state index contributed by atoms with van der Waals surface area (Å²) in [7, 11) is 0. The molecule has 0 aliphatic heterocycles. The van der Waals surface area contributed by atoms with Gasteiger partial charge in [-0.1, -0.05) is 55.9 Å². The van der Waals surface area contributed by atoms with E-state index < -0.39 is 0 Å². The van der Waals surface area contributed by atoms with Crippen molar-refractivity contribution in [2.45, 2.75) is 25.4 Å². The van der Waals surface area contributed by atoms with Gasteiger partial charge < -0.3 is 5.32 Å². The maximum absolute atomic E-state index is 12.1. The fourth-order valence-electron chi connectivity index (χ4n) is 2.41. The third kappa shape index (κ3) is 4.35. The Hall–Kier alpha value is -2.34. The number of anilines is 1. The number of hydrogen-bond acceptors (Lipinski definition) is 4. The third-order valence-corrected chi connectivity index (χ3v) is 4.33. The average molecular weight is 340 g/mol. The van der Waals surface area contributed by atoms with Gasteiger partial charge in [-0.15, -0.1) is 5.10 Å². The molecule has 2 N–H and O–H groups in total. The van der Waals surface area contributed by atoms with Crippen molar-refractivity contribution < 1.29 is 4.79 Å². The molecule has 124 valence electrons. The van der Waals surface area contributed by atoms with Crippen molar-refractivity contribution in [2.24, 2.45) is 5.92 Å². The number of carbonyl (C=O) groups excluding carboxylic acids is 1. The summed E-state index contributed by atoms with van der Waals surface area (Å²) in [4.78, 5) is 16.5. The van der Waals surface area contributed by atoms with Gasteiger partial charge in [0.05, 0.1) is 5.75 Å². The Morgan fingerprint density at radius 2 is 2.00 bits per heavy atom. The first-order valence-electron chi connectivity index (χ1n) is 7.93. The van der Waals surface area contributed by atoms with Crippen LogP contribution in [0.4, 0.5) is 5.69 Å². The number of aromatic amines is 1. The molecule has 3 aromatic rings. The van der Waals surface area contributed by atoms with E-state index >= 15 is 0 Å². The monoisotopic (exact) mass is 340 g/mol. The van der Waals surface area contributed by atoms with Crippen LogP contribution in [0.3, 0.4) is 0 Å². The first-order valence-corrected chi connectivity index (χ1v) is 8.91. The summed E-state index contributed by atoms with van der Waals surface area (Å²) < 4.78 is 0. The minimum absolute atomic E-state index is 0.0644. The van der Waals surface area contributed by atoms with Crippen LogP contribution in [-0.2, 0) is 11.2 Å². The van der Waals surface area contributed by atoms with Crippen LogP contribution >= 0.6 is 11.8 Å². The molecule has 1 amide bonds. The number of thioether (sulfide) groups is 1. The molecular formula is C18H20N4OS.